The Morgan fingerprint density at radius 1 is 1.38 bits per heavy atom. The predicted molar refractivity (Wildman–Crippen MR) is 66.3 cm³/mol. The molecule has 3 unspecified atom stereocenters. The second kappa shape index (κ2) is 6.27. The molecule has 1 saturated carbocycles. The summed E-state index contributed by atoms with van der Waals surface area (Å²) in [5.74, 6) is 1.26. The molecular formula is C14H26O2. The zero-order valence-corrected chi connectivity index (χ0v) is 10.9. The van der Waals surface area contributed by atoms with Crippen LogP contribution < -0.4 is 0 Å². The highest BCUT2D eigenvalue weighted by atomic mass is 16.4. The lowest BCUT2D eigenvalue weighted by atomic mass is 9.72. The van der Waals surface area contributed by atoms with Crippen LogP contribution in [0.1, 0.15) is 59.3 Å². The third-order valence-corrected chi connectivity index (χ3v) is 3.92. The number of hydrogen-bond donors (Lipinski definition) is 1. The predicted octanol–water partition coefficient (Wildman–Crippen LogP) is 3.95. The molecule has 0 aromatic rings. The summed E-state index contributed by atoms with van der Waals surface area (Å²) in [6.07, 6.45) is 6.64. The lowest BCUT2D eigenvalue weighted by molar-refractivity contribution is -0.145. The van der Waals surface area contributed by atoms with E-state index in [4.69, 9.17) is 0 Å². The first-order valence-corrected chi connectivity index (χ1v) is 6.73. The first-order chi connectivity index (χ1) is 7.50. The van der Waals surface area contributed by atoms with Crippen LogP contribution in [-0.2, 0) is 4.79 Å². The SMILES string of the molecule is CC(C)CCCC1CC(C)CCC1C(=O)O. The molecule has 0 amide bonds. The van der Waals surface area contributed by atoms with E-state index in [1.54, 1.807) is 0 Å². The van der Waals surface area contributed by atoms with Gasteiger partial charge in [0.1, 0.15) is 0 Å². The molecule has 0 saturated heterocycles. The van der Waals surface area contributed by atoms with E-state index in [0.29, 0.717) is 5.92 Å². The monoisotopic (exact) mass is 226 g/mol. The van der Waals surface area contributed by atoms with Gasteiger partial charge in [-0.25, -0.2) is 0 Å². The van der Waals surface area contributed by atoms with Gasteiger partial charge in [0.05, 0.1) is 5.92 Å². The van der Waals surface area contributed by atoms with Gasteiger partial charge >= 0.3 is 5.97 Å². The van der Waals surface area contributed by atoms with E-state index in [1.165, 1.54) is 12.8 Å². The first-order valence-electron chi connectivity index (χ1n) is 6.73. The van der Waals surface area contributed by atoms with Crippen LogP contribution in [0.4, 0.5) is 0 Å². The summed E-state index contributed by atoms with van der Waals surface area (Å²) < 4.78 is 0. The fourth-order valence-corrected chi connectivity index (χ4v) is 2.93. The maximum atomic E-state index is 11.2. The van der Waals surface area contributed by atoms with Crippen LogP contribution >= 0.6 is 0 Å². The van der Waals surface area contributed by atoms with Crippen LogP contribution in [0.15, 0.2) is 0 Å². The van der Waals surface area contributed by atoms with Crippen molar-refractivity contribution in [1.82, 2.24) is 0 Å². The smallest absolute Gasteiger partial charge is 0.306 e. The van der Waals surface area contributed by atoms with E-state index < -0.39 is 5.97 Å². The van der Waals surface area contributed by atoms with Gasteiger partial charge in [0.25, 0.3) is 0 Å². The van der Waals surface area contributed by atoms with Crippen LogP contribution in [0.2, 0.25) is 0 Å². The third-order valence-electron chi connectivity index (χ3n) is 3.92. The molecule has 1 N–H and O–H groups in total. The molecule has 0 bridgehead atoms. The molecule has 0 spiro atoms. The van der Waals surface area contributed by atoms with Crippen molar-refractivity contribution in [2.24, 2.45) is 23.7 Å². The number of carboxylic acid groups (broad SMARTS) is 1. The van der Waals surface area contributed by atoms with Crippen molar-refractivity contribution in [1.29, 1.82) is 0 Å². The maximum absolute atomic E-state index is 11.2. The molecule has 0 aromatic carbocycles. The molecule has 2 nitrogen and oxygen atoms in total. The molecule has 1 fully saturated rings. The molecule has 0 aliphatic heterocycles. The number of carbonyl (C=O) groups is 1. The fraction of sp³-hybridized carbons (Fsp3) is 0.929. The maximum Gasteiger partial charge on any atom is 0.306 e. The molecule has 1 aliphatic carbocycles. The minimum Gasteiger partial charge on any atom is -0.481 e. The molecule has 0 heterocycles. The Morgan fingerprint density at radius 3 is 2.62 bits per heavy atom. The second-order valence-electron chi connectivity index (χ2n) is 5.95. The Labute approximate surface area is 99.4 Å². The summed E-state index contributed by atoms with van der Waals surface area (Å²) in [7, 11) is 0. The van der Waals surface area contributed by atoms with Gasteiger partial charge in [-0.2, -0.15) is 0 Å². The van der Waals surface area contributed by atoms with Crippen LogP contribution in [0.3, 0.4) is 0 Å². The van der Waals surface area contributed by atoms with E-state index >= 15 is 0 Å². The minimum absolute atomic E-state index is 0.0663. The van der Waals surface area contributed by atoms with Crippen LogP contribution in [-0.4, -0.2) is 11.1 Å². The lowest BCUT2D eigenvalue weighted by Crippen LogP contribution is -2.30. The van der Waals surface area contributed by atoms with E-state index in [2.05, 4.69) is 20.8 Å². The topological polar surface area (TPSA) is 37.3 Å². The van der Waals surface area contributed by atoms with Crippen LogP contribution in [0.25, 0.3) is 0 Å². The molecule has 94 valence electrons. The Balaban J connectivity index is 2.41. The van der Waals surface area contributed by atoms with Crippen molar-refractivity contribution < 1.29 is 9.90 Å². The molecule has 16 heavy (non-hydrogen) atoms. The summed E-state index contributed by atoms with van der Waals surface area (Å²) in [5.41, 5.74) is 0. The van der Waals surface area contributed by atoms with Gasteiger partial charge in [-0.05, 0) is 43.4 Å². The van der Waals surface area contributed by atoms with Gasteiger partial charge < -0.3 is 5.11 Å². The number of carboxylic acids is 1. The largest absolute Gasteiger partial charge is 0.481 e. The lowest BCUT2D eigenvalue weighted by Gasteiger charge is -2.32. The molecule has 2 heteroatoms. The van der Waals surface area contributed by atoms with Crippen LogP contribution in [0.5, 0.6) is 0 Å². The van der Waals surface area contributed by atoms with Crippen molar-refractivity contribution in [3.8, 4) is 0 Å². The number of aliphatic carboxylic acids is 1. The fourth-order valence-electron chi connectivity index (χ4n) is 2.93. The normalized spacial score (nSPS) is 30.6. The summed E-state index contributed by atoms with van der Waals surface area (Å²) in [4.78, 5) is 11.2. The second-order valence-corrected chi connectivity index (χ2v) is 5.95. The Bertz CT molecular complexity index is 223. The van der Waals surface area contributed by atoms with Crippen molar-refractivity contribution >= 4 is 5.97 Å². The van der Waals surface area contributed by atoms with Crippen molar-refractivity contribution in [3.05, 3.63) is 0 Å². The summed E-state index contributed by atoms with van der Waals surface area (Å²) in [6.45, 7) is 6.73. The Morgan fingerprint density at radius 2 is 2.06 bits per heavy atom. The van der Waals surface area contributed by atoms with Gasteiger partial charge in [-0.15, -0.1) is 0 Å². The highest BCUT2D eigenvalue weighted by Crippen LogP contribution is 2.37. The van der Waals surface area contributed by atoms with E-state index in [-0.39, 0.29) is 5.92 Å². The van der Waals surface area contributed by atoms with Gasteiger partial charge in [-0.3, -0.25) is 4.79 Å². The zero-order chi connectivity index (χ0) is 12.1. The quantitative estimate of drug-likeness (QED) is 0.770. The average Bonchev–Trinajstić information content (AvgIpc) is 2.16. The molecule has 0 aromatic heterocycles. The highest BCUT2D eigenvalue weighted by Gasteiger charge is 2.32. The number of hydrogen-bond acceptors (Lipinski definition) is 1. The molecular weight excluding hydrogens is 200 g/mol. The van der Waals surface area contributed by atoms with E-state index in [9.17, 15) is 9.90 Å². The number of rotatable bonds is 5. The summed E-state index contributed by atoms with van der Waals surface area (Å²) in [6, 6.07) is 0. The summed E-state index contributed by atoms with van der Waals surface area (Å²) in [5, 5.41) is 9.20. The minimum atomic E-state index is -0.568. The third kappa shape index (κ3) is 4.15. The van der Waals surface area contributed by atoms with Gasteiger partial charge in [-0.1, -0.05) is 33.6 Å². The van der Waals surface area contributed by atoms with Crippen molar-refractivity contribution in [2.45, 2.75) is 59.3 Å². The molecule has 1 rings (SSSR count). The van der Waals surface area contributed by atoms with Crippen molar-refractivity contribution in [3.63, 3.8) is 0 Å². The van der Waals surface area contributed by atoms with Gasteiger partial charge in [0.15, 0.2) is 0 Å². The molecule has 3 atom stereocenters. The van der Waals surface area contributed by atoms with Crippen molar-refractivity contribution in [2.75, 3.05) is 0 Å². The first kappa shape index (κ1) is 13.5. The van der Waals surface area contributed by atoms with Gasteiger partial charge in [0.2, 0.25) is 0 Å². The Kier molecular flexibility index (Phi) is 5.30. The Hall–Kier alpha value is -0.530. The molecule has 1 aliphatic rings. The van der Waals surface area contributed by atoms with E-state index in [1.807, 2.05) is 0 Å². The van der Waals surface area contributed by atoms with Crippen LogP contribution in [0, 0.1) is 23.7 Å². The highest BCUT2D eigenvalue weighted by molar-refractivity contribution is 5.70. The van der Waals surface area contributed by atoms with E-state index in [0.717, 1.165) is 37.5 Å². The zero-order valence-electron chi connectivity index (χ0n) is 10.9. The summed E-state index contributed by atoms with van der Waals surface area (Å²) >= 11 is 0. The van der Waals surface area contributed by atoms with Gasteiger partial charge in [0, 0.05) is 0 Å². The molecule has 0 radical (unpaired) electrons. The standard InChI is InChI=1S/C14H26O2/c1-10(2)5-4-6-12-9-11(3)7-8-13(12)14(15)16/h10-13H,4-9H2,1-3H3,(H,15,16). The average molecular weight is 226 g/mol.